The van der Waals surface area contributed by atoms with Crippen LogP contribution in [-0.2, 0) is 17.8 Å². The number of rotatable bonds is 5. The van der Waals surface area contributed by atoms with Gasteiger partial charge in [0, 0.05) is 6.54 Å². The lowest BCUT2D eigenvalue weighted by atomic mass is 10.0. The predicted molar refractivity (Wildman–Crippen MR) is 58.8 cm³/mol. The van der Waals surface area contributed by atoms with Gasteiger partial charge in [-0.15, -0.1) is 0 Å². The summed E-state index contributed by atoms with van der Waals surface area (Å²) >= 11 is 0. The maximum absolute atomic E-state index is 4.79. The lowest BCUT2D eigenvalue weighted by Crippen LogP contribution is -2.10. The molecule has 0 atom stereocenters. The van der Waals surface area contributed by atoms with E-state index in [2.05, 4.69) is 43.6 Å². The molecule has 0 aromatic heterocycles. The Morgan fingerprint density at radius 1 is 1.14 bits per heavy atom. The molecule has 0 aliphatic carbocycles. The summed E-state index contributed by atoms with van der Waals surface area (Å²) in [5.74, 6) is 0.720. The van der Waals surface area contributed by atoms with Crippen LogP contribution in [0.15, 0.2) is 24.3 Å². The third kappa shape index (κ3) is 3.90. The number of benzene rings is 1. The van der Waals surface area contributed by atoms with Crippen LogP contribution in [0.1, 0.15) is 25.0 Å². The molecule has 1 aromatic carbocycles. The average molecular weight is 193 g/mol. The molecule has 0 heterocycles. The normalized spacial score (nSPS) is 10.9. The van der Waals surface area contributed by atoms with Crippen LogP contribution < -0.4 is 5.48 Å². The van der Waals surface area contributed by atoms with E-state index >= 15 is 0 Å². The van der Waals surface area contributed by atoms with Crippen molar-refractivity contribution in [1.29, 1.82) is 0 Å². The largest absolute Gasteiger partial charge is 0.305 e. The number of nitrogens with one attached hydrogen (secondary N) is 1. The minimum absolute atomic E-state index is 0.720. The van der Waals surface area contributed by atoms with E-state index in [1.165, 1.54) is 11.1 Å². The third-order valence-corrected chi connectivity index (χ3v) is 2.09. The molecule has 0 spiro atoms. The highest BCUT2D eigenvalue weighted by Gasteiger charge is 1.97. The molecule has 78 valence electrons. The minimum Gasteiger partial charge on any atom is -0.305 e. The van der Waals surface area contributed by atoms with Crippen molar-refractivity contribution >= 4 is 0 Å². The molecule has 0 bridgehead atoms. The van der Waals surface area contributed by atoms with Gasteiger partial charge in [0.25, 0.3) is 0 Å². The van der Waals surface area contributed by atoms with Crippen LogP contribution in [0, 0.1) is 5.92 Å². The summed E-state index contributed by atoms with van der Waals surface area (Å²) in [4.78, 5) is 4.79. The highest BCUT2D eigenvalue weighted by atomic mass is 16.6. The summed E-state index contributed by atoms with van der Waals surface area (Å²) in [6, 6.07) is 8.66. The quantitative estimate of drug-likeness (QED) is 0.726. The average Bonchev–Trinajstić information content (AvgIpc) is 2.16. The van der Waals surface area contributed by atoms with Gasteiger partial charge in [-0.2, -0.15) is 5.48 Å². The van der Waals surface area contributed by atoms with Gasteiger partial charge in [-0.1, -0.05) is 38.1 Å². The van der Waals surface area contributed by atoms with Crippen molar-refractivity contribution in [1.82, 2.24) is 5.48 Å². The van der Waals surface area contributed by atoms with Gasteiger partial charge >= 0.3 is 0 Å². The van der Waals surface area contributed by atoms with Gasteiger partial charge in [-0.3, -0.25) is 0 Å². The third-order valence-electron chi connectivity index (χ3n) is 2.09. The highest BCUT2D eigenvalue weighted by Crippen LogP contribution is 2.09. The van der Waals surface area contributed by atoms with Crippen molar-refractivity contribution in [3.8, 4) is 0 Å². The standard InChI is InChI=1S/C12H19NO/c1-10(2)8-11-4-6-12(7-5-11)9-13-14-3/h4-7,10,13H,8-9H2,1-3H3. The Kier molecular flexibility index (Phi) is 4.63. The van der Waals surface area contributed by atoms with E-state index in [9.17, 15) is 0 Å². The summed E-state index contributed by atoms with van der Waals surface area (Å²) in [6.07, 6.45) is 1.15. The van der Waals surface area contributed by atoms with E-state index in [0.717, 1.165) is 18.9 Å². The van der Waals surface area contributed by atoms with Crippen LogP contribution in [0.4, 0.5) is 0 Å². The first-order valence-corrected chi connectivity index (χ1v) is 5.06. The zero-order valence-corrected chi connectivity index (χ0v) is 9.21. The molecule has 2 heteroatoms. The number of hydrogen-bond acceptors (Lipinski definition) is 2. The van der Waals surface area contributed by atoms with E-state index in [0.29, 0.717) is 0 Å². The Morgan fingerprint density at radius 2 is 1.71 bits per heavy atom. The van der Waals surface area contributed by atoms with Crippen molar-refractivity contribution < 1.29 is 4.84 Å². The lowest BCUT2D eigenvalue weighted by Gasteiger charge is -2.06. The predicted octanol–water partition coefficient (Wildman–Crippen LogP) is 2.54. The zero-order valence-electron chi connectivity index (χ0n) is 9.21. The van der Waals surface area contributed by atoms with Gasteiger partial charge in [0.1, 0.15) is 0 Å². The molecule has 0 saturated heterocycles. The van der Waals surface area contributed by atoms with Crippen LogP contribution in [0.3, 0.4) is 0 Å². The maximum Gasteiger partial charge on any atom is 0.0572 e. The smallest absolute Gasteiger partial charge is 0.0572 e. The van der Waals surface area contributed by atoms with Gasteiger partial charge in [-0.05, 0) is 23.5 Å². The van der Waals surface area contributed by atoms with Crippen LogP contribution >= 0.6 is 0 Å². The first kappa shape index (κ1) is 11.2. The zero-order chi connectivity index (χ0) is 10.4. The lowest BCUT2D eigenvalue weighted by molar-refractivity contribution is 0.0867. The first-order valence-electron chi connectivity index (χ1n) is 5.06. The molecule has 14 heavy (non-hydrogen) atoms. The summed E-state index contributed by atoms with van der Waals surface area (Å²) in [6.45, 7) is 5.24. The summed E-state index contributed by atoms with van der Waals surface area (Å²) in [7, 11) is 1.63. The Labute approximate surface area is 86.2 Å². The molecule has 0 aliphatic heterocycles. The Hall–Kier alpha value is -0.860. The molecule has 2 nitrogen and oxygen atoms in total. The Balaban J connectivity index is 2.50. The van der Waals surface area contributed by atoms with E-state index in [1.54, 1.807) is 7.11 Å². The Bertz CT molecular complexity index is 254. The van der Waals surface area contributed by atoms with Gasteiger partial charge in [0.2, 0.25) is 0 Å². The second kappa shape index (κ2) is 5.78. The van der Waals surface area contributed by atoms with E-state index in [1.807, 2.05) is 0 Å². The van der Waals surface area contributed by atoms with Crippen molar-refractivity contribution in [2.75, 3.05) is 7.11 Å². The van der Waals surface area contributed by atoms with Crippen LogP contribution in [0.5, 0.6) is 0 Å². The molecular formula is C12H19NO. The van der Waals surface area contributed by atoms with E-state index in [-0.39, 0.29) is 0 Å². The monoisotopic (exact) mass is 193 g/mol. The highest BCUT2D eigenvalue weighted by molar-refractivity contribution is 5.22. The van der Waals surface area contributed by atoms with Crippen molar-refractivity contribution in [3.63, 3.8) is 0 Å². The van der Waals surface area contributed by atoms with Crippen molar-refractivity contribution in [3.05, 3.63) is 35.4 Å². The molecule has 0 saturated carbocycles. The van der Waals surface area contributed by atoms with E-state index < -0.39 is 0 Å². The first-order chi connectivity index (χ1) is 6.72. The molecule has 1 N–H and O–H groups in total. The fourth-order valence-electron chi connectivity index (χ4n) is 1.42. The Morgan fingerprint density at radius 3 is 2.21 bits per heavy atom. The molecule has 1 rings (SSSR count). The summed E-state index contributed by atoms with van der Waals surface area (Å²) in [5.41, 5.74) is 5.48. The second-order valence-electron chi connectivity index (χ2n) is 3.94. The van der Waals surface area contributed by atoms with Crippen molar-refractivity contribution in [2.45, 2.75) is 26.8 Å². The van der Waals surface area contributed by atoms with Crippen molar-refractivity contribution in [2.24, 2.45) is 5.92 Å². The number of hydroxylamine groups is 1. The number of hydrogen-bond donors (Lipinski definition) is 1. The molecule has 0 amide bonds. The fraction of sp³-hybridized carbons (Fsp3) is 0.500. The molecular weight excluding hydrogens is 174 g/mol. The molecule has 0 fully saturated rings. The van der Waals surface area contributed by atoms with Gasteiger partial charge in [0.15, 0.2) is 0 Å². The summed E-state index contributed by atoms with van der Waals surface area (Å²) < 4.78 is 0. The van der Waals surface area contributed by atoms with Gasteiger partial charge in [0.05, 0.1) is 7.11 Å². The maximum atomic E-state index is 4.79. The molecule has 0 aliphatic rings. The second-order valence-corrected chi connectivity index (χ2v) is 3.94. The topological polar surface area (TPSA) is 21.3 Å². The fourth-order valence-corrected chi connectivity index (χ4v) is 1.42. The molecule has 0 radical (unpaired) electrons. The van der Waals surface area contributed by atoms with E-state index in [4.69, 9.17) is 4.84 Å². The van der Waals surface area contributed by atoms with Crippen LogP contribution in [0.2, 0.25) is 0 Å². The van der Waals surface area contributed by atoms with Gasteiger partial charge in [-0.25, -0.2) is 0 Å². The molecule has 1 aromatic rings. The SMILES string of the molecule is CONCc1ccc(CC(C)C)cc1. The minimum atomic E-state index is 0.720. The summed E-state index contributed by atoms with van der Waals surface area (Å²) in [5, 5.41) is 0. The van der Waals surface area contributed by atoms with Gasteiger partial charge < -0.3 is 4.84 Å². The molecule has 0 unspecified atom stereocenters. The van der Waals surface area contributed by atoms with Crippen LogP contribution in [-0.4, -0.2) is 7.11 Å². The van der Waals surface area contributed by atoms with Crippen LogP contribution in [0.25, 0.3) is 0 Å².